The molecule has 7 heteroatoms. The van der Waals surface area contributed by atoms with Gasteiger partial charge in [-0.25, -0.2) is 9.78 Å². The predicted octanol–water partition coefficient (Wildman–Crippen LogP) is 5.64. The minimum absolute atomic E-state index is 0.289. The van der Waals surface area contributed by atoms with Crippen molar-refractivity contribution < 1.29 is 18.7 Å². The molecule has 156 valence electrons. The Labute approximate surface area is 183 Å². The molecule has 0 aliphatic carbocycles. The van der Waals surface area contributed by atoms with Gasteiger partial charge in [-0.1, -0.05) is 18.2 Å². The Morgan fingerprint density at radius 2 is 2.06 bits per heavy atom. The number of carbonyl (C=O) groups is 1. The molecule has 0 unspecified atom stereocenters. The van der Waals surface area contributed by atoms with Crippen LogP contribution in [-0.4, -0.2) is 24.8 Å². The number of nitrogens with zero attached hydrogens (tertiary/aromatic N) is 2. The number of thiophene rings is 1. The van der Waals surface area contributed by atoms with Crippen molar-refractivity contribution in [1.82, 2.24) is 4.98 Å². The van der Waals surface area contributed by atoms with Crippen LogP contribution in [0.2, 0.25) is 0 Å². The van der Waals surface area contributed by atoms with Crippen molar-refractivity contribution in [3.63, 3.8) is 0 Å². The van der Waals surface area contributed by atoms with Crippen LogP contribution in [0.25, 0.3) is 21.7 Å². The van der Waals surface area contributed by atoms with E-state index in [1.807, 2.05) is 41.8 Å². The molecule has 0 radical (unpaired) electrons. The third kappa shape index (κ3) is 4.57. The number of hydrogen-bond acceptors (Lipinski definition) is 7. The molecule has 0 spiro atoms. The molecule has 0 amide bonds. The highest BCUT2D eigenvalue weighted by atomic mass is 32.1. The average Bonchev–Trinajstić information content (AvgIpc) is 3.52. The van der Waals surface area contributed by atoms with Gasteiger partial charge in [-0.3, -0.25) is 4.99 Å². The lowest BCUT2D eigenvalue weighted by Gasteiger charge is -2.15. The Bertz CT molecular complexity index is 1170. The van der Waals surface area contributed by atoms with E-state index < -0.39 is 0 Å². The molecule has 0 saturated carbocycles. The highest BCUT2D eigenvalue weighted by Gasteiger charge is 2.17. The summed E-state index contributed by atoms with van der Waals surface area (Å²) in [6.07, 6.45) is 3.32. The lowest BCUT2D eigenvalue weighted by Crippen LogP contribution is -2.05. The van der Waals surface area contributed by atoms with Gasteiger partial charge in [0.15, 0.2) is 0 Å². The lowest BCUT2D eigenvalue weighted by atomic mass is 10.0. The van der Waals surface area contributed by atoms with E-state index in [1.54, 1.807) is 36.0 Å². The first kappa shape index (κ1) is 20.6. The zero-order chi connectivity index (χ0) is 21.6. The van der Waals surface area contributed by atoms with Gasteiger partial charge in [0.2, 0.25) is 5.88 Å². The van der Waals surface area contributed by atoms with Crippen molar-refractivity contribution in [2.24, 2.45) is 4.99 Å². The van der Waals surface area contributed by atoms with Crippen molar-refractivity contribution in [2.75, 3.05) is 7.11 Å². The fourth-order valence-corrected chi connectivity index (χ4v) is 3.85. The zero-order valence-electron chi connectivity index (χ0n) is 16.9. The molecule has 0 saturated heterocycles. The van der Waals surface area contributed by atoms with Gasteiger partial charge >= 0.3 is 5.97 Å². The number of hydrogen-bond donors (Lipinski definition) is 0. The van der Waals surface area contributed by atoms with Gasteiger partial charge in [0.05, 0.1) is 42.3 Å². The van der Waals surface area contributed by atoms with Gasteiger partial charge in [-0.15, -0.1) is 11.3 Å². The predicted molar refractivity (Wildman–Crippen MR) is 121 cm³/mol. The number of ether oxygens (including phenoxy) is 2. The summed E-state index contributed by atoms with van der Waals surface area (Å²) in [5, 5.41) is 2.01. The topological polar surface area (TPSA) is 73.9 Å². The molecular weight excluding hydrogens is 412 g/mol. The molecule has 4 rings (SSSR count). The first-order valence-electron chi connectivity index (χ1n) is 9.52. The zero-order valence-corrected chi connectivity index (χ0v) is 17.7. The van der Waals surface area contributed by atoms with E-state index in [2.05, 4.69) is 11.7 Å². The second kappa shape index (κ2) is 9.40. The van der Waals surface area contributed by atoms with Crippen LogP contribution in [0.15, 0.2) is 75.8 Å². The fourth-order valence-electron chi connectivity index (χ4n) is 3.16. The van der Waals surface area contributed by atoms with Crippen molar-refractivity contribution in [3.05, 3.63) is 83.1 Å². The number of esters is 1. The lowest BCUT2D eigenvalue weighted by molar-refractivity contribution is 0.0600. The summed E-state index contributed by atoms with van der Waals surface area (Å²) in [6, 6.07) is 15.0. The third-order valence-electron chi connectivity index (χ3n) is 4.71. The second-order valence-corrected chi connectivity index (χ2v) is 7.63. The Balaban J connectivity index is 1.69. The number of methoxy groups -OCH3 is 1. The van der Waals surface area contributed by atoms with Gasteiger partial charge in [0.25, 0.3) is 0 Å². The molecule has 0 bridgehead atoms. The number of furan rings is 1. The average molecular weight is 433 g/mol. The number of rotatable bonds is 8. The van der Waals surface area contributed by atoms with Crippen LogP contribution < -0.4 is 4.74 Å². The summed E-state index contributed by atoms with van der Waals surface area (Å²) in [5.74, 6) is 0.119. The quantitative estimate of drug-likeness (QED) is 0.266. The van der Waals surface area contributed by atoms with Crippen LogP contribution in [0, 0.1) is 0 Å². The third-order valence-corrected chi connectivity index (χ3v) is 5.61. The molecular formula is C24H20N2O4S. The van der Waals surface area contributed by atoms with Gasteiger partial charge in [0.1, 0.15) is 6.61 Å². The SMILES string of the molecule is C=NCc1c(-c2ccoc2)cc(-c2cccs2)nc1OCc1ccc(C(=O)OC)cc1. The molecule has 3 heterocycles. The van der Waals surface area contributed by atoms with E-state index in [-0.39, 0.29) is 12.6 Å². The fraction of sp³-hybridized carbons (Fsp3) is 0.125. The van der Waals surface area contributed by atoms with E-state index >= 15 is 0 Å². The summed E-state index contributed by atoms with van der Waals surface area (Å²) < 4.78 is 16.2. The summed E-state index contributed by atoms with van der Waals surface area (Å²) in [5.41, 5.74) is 4.90. The van der Waals surface area contributed by atoms with Crippen LogP contribution in [0.3, 0.4) is 0 Å². The van der Waals surface area contributed by atoms with Crippen LogP contribution >= 0.6 is 11.3 Å². The van der Waals surface area contributed by atoms with E-state index in [1.165, 1.54) is 7.11 Å². The van der Waals surface area contributed by atoms with Crippen molar-refractivity contribution in [1.29, 1.82) is 0 Å². The van der Waals surface area contributed by atoms with Gasteiger partial charge in [0, 0.05) is 11.1 Å². The standard InChI is InChI=1S/C24H20N2O4S/c1-25-13-20-19(18-9-10-29-15-18)12-21(22-4-3-11-31-22)26-23(20)30-14-16-5-7-17(8-6-16)24(27)28-2/h3-12,15H,1,13-14H2,2H3. The van der Waals surface area contributed by atoms with Crippen molar-refractivity contribution in [2.45, 2.75) is 13.2 Å². The maximum atomic E-state index is 11.6. The highest BCUT2D eigenvalue weighted by molar-refractivity contribution is 7.13. The molecule has 6 nitrogen and oxygen atoms in total. The van der Waals surface area contributed by atoms with E-state index in [4.69, 9.17) is 18.9 Å². The maximum Gasteiger partial charge on any atom is 0.337 e. The van der Waals surface area contributed by atoms with Gasteiger partial charge in [-0.2, -0.15) is 0 Å². The maximum absolute atomic E-state index is 11.6. The number of carbonyl (C=O) groups excluding carboxylic acids is 1. The van der Waals surface area contributed by atoms with Crippen LogP contribution in [-0.2, 0) is 17.9 Å². The Morgan fingerprint density at radius 3 is 2.71 bits per heavy atom. The largest absolute Gasteiger partial charge is 0.473 e. The molecule has 0 aliphatic rings. The minimum atomic E-state index is -0.373. The molecule has 0 N–H and O–H groups in total. The second-order valence-electron chi connectivity index (χ2n) is 6.69. The van der Waals surface area contributed by atoms with E-state index in [0.717, 1.165) is 32.8 Å². The van der Waals surface area contributed by atoms with Crippen LogP contribution in [0.4, 0.5) is 0 Å². The Hall–Kier alpha value is -3.71. The number of benzene rings is 1. The van der Waals surface area contributed by atoms with E-state index in [9.17, 15) is 4.79 Å². The van der Waals surface area contributed by atoms with Crippen LogP contribution in [0.1, 0.15) is 21.5 Å². The van der Waals surface area contributed by atoms with Crippen LogP contribution in [0.5, 0.6) is 5.88 Å². The first-order valence-corrected chi connectivity index (χ1v) is 10.4. The molecule has 31 heavy (non-hydrogen) atoms. The van der Waals surface area contributed by atoms with Gasteiger partial charge in [-0.05, 0) is 53.6 Å². The molecule has 0 atom stereocenters. The molecule has 1 aromatic carbocycles. The Kier molecular flexibility index (Phi) is 6.24. The number of aromatic nitrogens is 1. The Morgan fingerprint density at radius 1 is 1.23 bits per heavy atom. The first-order chi connectivity index (χ1) is 15.2. The van der Waals surface area contributed by atoms with E-state index in [0.29, 0.717) is 18.0 Å². The molecule has 4 aromatic rings. The van der Waals surface area contributed by atoms with Crippen molar-refractivity contribution >= 4 is 24.0 Å². The highest BCUT2D eigenvalue weighted by Crippen LogP contribution is 2.36. The minimum Gasteiger partial charge on any atom is -0.473 e. The van der Waals surface area contributed by atoms with Gasteiger partial charge < -0.3 is 13.9 Å². The summed E-state index contributed by atoms with van der Waals surface area (Å²) in [7, 11) is 1.36. The summed E-state index contributed by atoms with van der Waals surface area (Å²) in [6.45, 7) is 4.29. The van der Waals surface area contributed by atoms with Crippen molar-refractivity contribution in [3.8, 4) is 27.6 Å². The smallest absolute Gasteiger partial charge is 0.337 e. The molecule has 0 aliphatic heterocycles. The summed E-state index contributed by atoms with van der Waals surface area (Å²) in [4.78, 5) is 21.5. The molecule has 3 aromatic heterocycles. The monoisotopic (exact) mass is 432 g/mol. The normalized spacial score (nSPS) is 10.6. The summed E-state index contributed by atoms with van der Waals surface area (Å²) >= 11 is 1.61. The molecule has 0 fully saturated rings. The number of pyridine rings is 1. The number of aliphatic imine (C=N–C) groups is 1.